The Morgan fingerprint density at radius 2 is 1.59 bits per heavy atom. The fourth-order valence-electron chi connectivity index (χ4n) is 3.48. The van der Waals surface area contributed by atoms with Crippen molar-refractivity contribution in [1.82, 2.24) is 25.3 Å². The highest BCUT2D eigenvalue weighted by Gasteiger charge is 2.38. The number of hydrogen-bond acceptors (Lipinski definition) is 10. The predicted molar refractivity (Wildman–Crippen MR) is 102 cm³/mol. The van der Waals surface area contributed by atoms with Gasteiger partial charge in [-0.2, -0.15) is 0 Å². The first-order valence-corrected chi connectivity index (χ1v) is 10.5. The zero-order valence-corrected chi connectivity index (χ0v) is 17.2. The Hall–Kier alpha value is -2.02. The van der Waals surface area contributed by atoms with E-state index in [1.165, 1.54) is 0 Å². The van der Waals surface area contributed by atoms with E-state index in [1.807, 2.05) is 13.8 Å². The number of carbonyl (C=O) groups is 5. The van der Waals surface area contributed by atoms with Gasteiger partial charge in [0.15, 0.2) is 6.73 Å². The fourth-order valence-corrected chi connectivity index (χ4v) is 4.40. The summed E-state index contributed by atoms with van der Waals surface area (Å²) >= 11 is 1.58. The first kappa shape index (κ1) is 21.7. The number of ether oxygens (including phenoxy) is 1. The molecule has 3 saturated heterocycles. The number of amides is 4. The van der Waals surface area contributed by atoms with Gasteiger partial charge in [-0.05, 0) is 13.8 Å². The van der Waals surface area contributed by atoms with E-state index in [2.05, 4.69) is 10.6 Å². The maximum absolute atomic E-state index is 12.5. The van der Waals surface area contributed by atoms with Crippen LogP contribution < -0.4 is 10.6 Å². The van der Waals surface area contributed by atoms with Crippen LogP contribution in [0.15, 0.2) is 0 Å². The molecule has 11 nitrogen and oxygen atoms in total. The van der Waals surface area contributed by atoms with E-state index in [0.29, 0.717) is 11.6 Å². The average molecular weight is 427 g/mol. The van der Waals surface area contributed by atoms with Crippen LogP contribution in [0, 0.1) is 0 Å². The summed E-state index contributed by atoms with van der Waals surface area (Å²) in [7, 11) is 0. The van der Waals surface area contributed by atoms with Gasteiger partial charge in [-0.1, -0.05) is 0 Å². The maximum atomic E-state index is 12.5. The Kier molecular flexibility index (Phi) is 6.88. The van der Waals surface area contributed by atoms with Gasteiger partial charge < -0.3 is 4.74 Å². The van der Waals surface area contributed by atoms with Crippen LogP contribution in [-0.4, -0.2) is 107 Å². The van der Waals surface area contributed by atoms with Gasteiger partial charge in [0, 0.05) is 23.7 Å². The van der Waals surface area contributed by atoms with Crippen molar-refractivity contribution in [1.29, 1.82) is 0 Å². The number of carbonyl (C=O) groups excluding carboxylic acids is 5. The predicted octanol–water partition coefficient (Wildman–Crippen LogP) is -2.44. The quantitative estimate of drug-likeness (QED) is 0.348. The monoisotopic (exact) mass is 427 g/mol. The molecule has 0 bridgehead atoms. The lowest BCUT2D eigenvalue weighted by molar-refractivity contribution is -0.165. The van der Waals surface area contributed by atoms with Crippen LogP contribution in [0.2, 0.25) is 0 Å². The zero-order valence-electron chi connectivity index (χ0n) is 16.4. The van der Waals surface area contributed by atoms with Crippen molar-refractivity contribution < 1.29 is 28.7 Å². The van der Waals surface area contributed by atoms with Gasteiger partial charge in [-0.15, -0.1) is 11.8 Å². The third-order valence-electron chi connectivity index (χ3n) is 5.44. The molecule has 0 aliphatic carbocycles. The summed E-state index contributed by atoms with van der Waals surface area (Å²) in [4.78, 5) is 64.5. The molecule has 3 rings (SSSR count). The Balaban J connectivity index is 1.53. The van der Waals surface area contributed by atoms with E-state index in [1.54, 1.807) is 21.6 Å². The average Bonchev–Trinajstić information content (AvgIpc) is 3.20. The summed E-state index contributed by atoms with van der Waals surface area (Å²) in [6.07, 6.45) is 0. The summed E-state index contributed by atoms with van der Waals surface area (Å²) in [5.74, 6) is -0.849. The summed E-state index contributed by atoms with van der Waals surface area (Å²) in [6.45, 7) is 3.46. The number of piperazine rings is 2. The van der Waals surface area contributed by atoms with Crippen LogP contribution in [0.3, 0.4) is 0 Å². The molecule has 3 aliphatic rings. The molecule has 0 aromatic rings. The smallest absolute Gasteiger partial charge is 0.325 e. The third kappa shape index (κ3) is 5.13. The topological polar surface area (TPSA) is 128 Å². The summed E-state index contributed by atoms with van der Waals surface area (Å²) < 4.78 is 5.13. The first-order chi connectivity index (χ1) is 13.8. The molecule has 160 valence electrons. The van der Waals surface area contributed by atoms with Crippen molar-refractivity contribution in [3.8, 4) is 0 Å². The number of imide groups is 2. The lowest BCUT2D eigenvalue weighted by Gasteiger charge is -2.41. The lowest BCUT2D eigenvalue weighted by Crippen LogP contribution is -2.62. The molecule has 3 unspecified atom stereocenters. The highest BCUT2D eigenvalue weighted by Crippen LogP contribution is 2.17. The number of rotatable bonds is 6. The van der Waals surface area contributed by atoms with Crippen LogP contribution in [0.4, 0.5) is 0 Å². The summed E-state index contributed by atoms with van der Waals surface area (Å²) in [5.41, 5.74) is 0. The standard InChI is InChI=1S/C17H25N5O6S/c1-10(20-3-13(23)19-14(24)4-20)11(2)21-5-15(25)22(16(26)6-21)9-28-17(27)12-7-29-8-18-12/h10-12,18H,3-9H2,1-2H3,(H,19,23,24). The molecule has 29 heavy (non-hydrogen) atoms. The Morgan fingerprint density at radius 1 is 1.03 bits per heavy atom. The molecule has 3 atom stereocenters. The van der Waals surface area contributed by atoms with Crippen molar-refractivity contribution in [2.75, 3.05) is 44.5 Å². The van der Waals surface area contributed by atoms with Gasteiger partial charge in [0.25, 0.3) is 0 Å². The van der Waals surface area contributed by atoms with Crippen LogP contribution >= 0.6 is 11.8 Å². The van der Waals surface area contributed by atoms with E-state index in [4.69, 9.17) is 4.74 Å². The SMILES string of the molecule is CC(C(C)N1CC(=O)N(COC(=O)C2CSCN2)C(=O)C1)N1CC(=O)NC(=O)C1. The molecule has 0 aromatic carbocycles. The second-order valence-electron chi connectivity index (χ2n) is 7.34. The van der Waals surface area contributed by atoms with Gasteiger partial charge in [-0.25, -0.2) is 4.90 Å². The Bertz CT molecular complexity index is 678. The van der Waals surface area contributed by atoms with Gasteiger partial charge in [0.05, 0.1) is 26.2 Å². The molecule has 4 amide bonds. The van der Waals surface area contributed by atoms with E-state index in [-0.39, 0.29) is 50.1 Å². The molecule has 3 fully saturated rings. The van der Waals surface area contributed by atoms with Gasteiger partial charge >= 0.3 is 5.97 Å². The summed E-state index contributed by atoms with van der Waals surface area (Å²) in [6, 6.07) is -0.885. The molecule has 2 N–H and O–H groups in total. The van der Waals surface area contributed by atoms with Crippen molar-refractivity contribution in [2.24, 2.45) is 0 Å². The minimum atomic E-state index is -0.479. The second-order valence-corrected chi connectivity index (χ2v) is 8.37. The molecule has 3 aliphatic heterocycles. The highest BCUT2D eigenvalue weighted by molar-refractivity contribution is 7.99. The Morgan fingerprint density at radius 3 is 2.10 bits per heavy atom. The van der Waals surface area contributed by atoms with Crippen LogP contribution in [0.1, 0.15) is 13.8 Å². The lowest BCUT2D eigenvalue weighted by atomic mass is 10.1. The van der Waals surface area contributed by atoms with Crippen LogP contribution in [-0.2, 0) is 28.7 Å². The van der Waals surface area contributed by atoms with E-state index in [9.17, 15) is 24.0 Å². The third-order valence-corrected chi connectivity index (χ3v) is 6.38. The second kappa shape index (κ2) is 9.20. The van der Waals surface area contributed by atoms with Gasteiger partial charge in [-0.3, -0.25) is 44.4 Å². The molecule has 0 saturated carbocycles. The number of esters is 1. The Labute approximate surface area is 172 Å². The van der Waals surface area contributed by atoms with E-state index in [0.717, 1.165) is 4.90 Å². The van der Waals surface area contributed by atoms with Crippen molar-refractivity contribution in [3.63, 3.8) is 0 Å². The molecule has 0 spiro atoms. The molecule has 3 heterocycles. The highest BCUT2D eigenvalue weighted by atomic mass is 32.2. The van der Waals surface area contributed by atoms with E-state index >= 15 is 0 Å². The first-order valence-electron chi connectivity index (χ1n) is 9.38. The normalized spacial score (nSPS) is 26.4. The molecular weight excluding hydrogens is 402 g/mol. The largest absolute Gasteiger partial charge is 0.442 e. The van der Waals surface area contributed by atoms with Crippen LogP contribution in [0.5, 0.6) is 0 Å². The van der Waals surface area contributed by atoms with Crippen molar-refractivity contribution >= 4 is 41.4 Å². The fraction of sp³-hybridized carbons (Fsp3) is 0.706. The maximum Gasteiger partial charge on any atom is 0.325 e. The molecule has 12 heteroatoms. The molecule has 0 aromatic heterocycles. The number of nitrogens with zero attached hydrogens (tertiary/aromatic N) is 3. The minimum absolute atomic E-state index is 0.0136. The van der Waals surface area contributed by atoms with Crippen LogP contribution in [0.25, 0.3) is 0 Å². The number of thioether (sulfide) groups is 1. The van der Waals surface area contributed by atoms with Gasteiger partial charge in [0.1, 0.15) is 6.04 Å². The summed E-state index contributed by atoms with van der Waals surface area (Å²) in [5, 5.41) is 5.22. The molecule has 0 radical (unpaired) electrons. The van der Waals surface area contributed by atoms with Crippen molar-refractivity contribution in [2.45, 2.75) is 32.0 Å². The zero-order chi connectivity index (χ0) is 21.1. The minimum Gasteiger partial charge on any atom is -0.442 e. The molecular formula is C17H25N5O6S. The number of hydrogen-bond donors (Lipinski definition) is 2. The van der Waals surface area contributed by atoms with E-state index < -0.39 is 30.6 Å². The van der Waals surface area contributed by atoms with Crippen molar-refractivity contribution in [3.05, 3.63) is 0 Å². The number of nitrogens with one attached hydrogen (secondary N) is 2. The van der Waals surface area contributed by atoms with Gasteiger partial charge in [0.2, 0.25) is 23.6 Å².